The van der Waals surface area contributed by atoms with Gasteiger partial charge >= 0.3 is 0 Å². The largest absolute Gasteiger partial charge is 0.0911 e. The maximum Gasteiger partial charge on any atom is -0.00334 e. The van der Waals surface area contributed by atoms with E-state index in [1.165, 1.54) is 44.1 Å². The highest BCUT2D eigenvalue weighted by Crippen LogP contribution is 2.66. The number of aryl methyl sites for hydroxylation is 1. The van der Waals surface area contributed by atoms with Crippen LogP contribution in [0.1, 0.15) is 56.6 Å². The van der Waals surface area contributed by atoms with Gasteiger partial charge in [-0.15, -0.1) is 0 Å². The van der Waals surface area contributed by atoms with Crippen molar-refractivity contribution in [2.45, 2.75) is 57.8 Å². The van der Waals surface area contributed by atoms with Crippen molar-refractivity contribution in [3.8, 4) is 0 Å². The number of allylic oxidation sites excluding steroid dienone is 2. The maximum absolute atomic E-state index is 2.56. The van der Waals surface area contributed by atoms with Crippen LogP contribution in [0.4, 0.5) is 0 Å². The van der Waals surface area contributed by atoms with Crippen LogP contribution in [0.15, 0.2) is 36.4 Å². The minimum atomic E-state index is 0.497. The summed E-state index contributed by atoms with van der Waals surface area (Å²) in [5.41, 5.74) is 4.05. The first-order chi connectivity index (χ1) is 9.63. The molecule has 1 aromatic carbocycles. The molecule has 0 aromatic heterocycles. The van der Waals surface area contributed by atoms with Gasteiger partial charge in [0.15, 0.2) is 0 Å². The Hall–Kier alpha value is -1.04. The Morgan fingerprint density at radius 2 is 1.65 bits per heavy atom. The van der Waals surface area contributed by atoms with Gasteiger partial charge in [0, 0.05) is 0 Å². The summed E-state index contributed by atoms with van der Waals surface area (Å²) in [5.74, 6) is 1.96. The number of hydrogen-bond donors (Lipinski definition) is 0. The first kappa shape index (κ1) is 12.7. The lowest BCUT2D eigenvalue weighted by Gasteiger charge is -2.62. The molecule has 0 N–H and O–H groups in total. The molecule has 4 fully saturated rings. The van der Waals surface area contributed by atoms with Gasteiger partial charge in [0.05, 0.1) is 0 Å². The highest BCUT2D eigenvalue weighted by Gasteiger charge is 2.56. The fourth-order valence-corrected chi connectivity index (χ4v) is 6.13. The van der Waals surface area contributed by atoms with Crippen LogP contribution < -0.4 is 0 Å². The van der Waals surface area contributed by atoms with Gasteiger partial charge in [0.25, 0.3) is 0 Å². The molecule has 4 aliphatic carbocycles. The van der Waals surface area contributed by atoms with E-state index in [0.717, 1.165) is 11.8 Å². The maximum atomic E-state index is 2.56. The predicted octanol–water partition coefficient (Wildman–Crippen LogP) is 5.41. The van der Waals surface area contributed by atoms with E-state index in [-0.39, 0.29) is 0 Å². The molecule has 0 saturated heterocycles. The van der Waals surface area contributed by atoms with E-state index in [1.807, 2.05) is 0 Å². The van der Waals surface area contributed by atoms with Crippen LogP contribution >= 0.6 is 0 Å². The number of rotatable bonds is 2. The van der Waals surface area contributed by atoms with E-state index in [1.54, 1.807) is 5.56 Å². The monoisotopic (exact) mass is 266 g/mol. The molecular weight excluding hydrogens is 240 g/mol. The van der Waals surface area contributed by atoms with Gasteiger partial charge < -0.3 is 0 Å². The molecule has 2 unspecified atom stereocenters. The van der Waals surface area contributed by atoms with Gasteiger partial charge in [-0.2, -0.15) is 0 Å². The van der Waals surface area contributed by atoms with E-state index >= 15 is 0 Å². The molecule has 0 aliphatic heterocycles. The molecule has 106 valence electrons. The second kappa shape index (κ2) is 4.23. The topological polar surface area (TPSA) is 0 Å². The second-order valence-electron chi connectivity index (χ2n) is 7.97. The van der Waals surface area contributed by atoms with E-state index in [4.69, 9.17) is 0 Å². The van der Waals surface area contributed by atoms with Crippen molar-refractivity contribution < 1.29 is 0 Å². The molecular formula is C20H26. The summed E-state index contributed by atoms with van der Waals surface area (Å²) in [6.07, 6.45) is 13.6. The molecule has 4 saturated carbocycles. The first-order valence-corrected chi connectivity index (χ1v) is 8.34. The number of benzene rings is 1. The third-order valence-corrected chi connectivity index (χ3v) is 6.29. The molecule has 4 bridgehead atoms. The number of hydrogen-bond acceptors (Lipinski definition) is 0. The smallest absolute Gasteiger partial charge is 0.00334 e. The van der Waals surface area contributed by atoms with Crippen LogP contribution in [0.3, 0.4) is 0 Å². The quantitative estimate of drug-likeness (QED) is 0.628. The van der Waals surface area contributed by atoms with Crippen molar-refractivity contribution in [1.82, 2.24) is 0 Å². The lowest BCUT2D eigenvalue weighted by atomic mass is 9.43. The summed E-state index contributed by atoms with van der Waals surface area (Å²) in [4.78, 5) is 0. The summed E-state index contributed by atoms with van der Waals surface area (Å²) in [7, 11) is 0. The van der Waals surface area contributed by atoms with Crippen LogP contribution in [0, 0.1) is 24.2 Å². The third kappa shape index (κ3) is 1.80. The average molecular weight is 266 g/mol. The fourth-order valence-electron chi connectivity index (χ4n) is 6.13. The summed E-state index contributed by atoms with van der Waals surface area (Å²) in [5, 5.41) is 0. The van der Waals surface area contributed by atoms with E-state index in [2.05, 4.69) is 50.3 Å². The minimum Gasteiger partial charge on any atom is -0.0911 e. The van der Waals surface area contributed by atoms with Gasteiger partial charge in [-0.05, 0) is 80.6 Å². The van der Waals surface area contributed by atoms with Crippen molar-refractivity contribution in [2.24, 2.45) is 17.3 Å². The molecule has 20 heavy (non-hydrogen) atoms. The van der Waals surface area contributed by atoms with Gasteiger partial charge in [-0.25, -0.2) is 0 Å². The Morgan fingerprint density at radius 1 is 1.00 bits per heavy atom. The normalized spacial score (nSPS) is 42.5. The SMILES string of the molecule is C/C=C/C12C[C@H]3C[C@@H](C1)CC(c1ccc(C)cc1)(C3)C2. The Morgan fingerprint density at radius 3 is 2.25 bits per heavy atom. The first-order valence-electron chi connectivity index (χ1n) is 8.34. The van der Waals surface area contributed by atoms with Gasteiger partial charge in [-0.3, -0.25) is 0 Å². The van der Waals surface area contributed by atoms with Crippen molar-refractivity contribution in [3.05, 3.63) is 47.5 Å². The minimum absolute atomic E-state index is 0.497. The molecule has 0 nitrogen and oxygen atoms in total. The molecule has 0 heterocycles. The zero-order valence-electron chi connectivity index (χ0n) is 12.9. The molecule has 0 heteroatoms. The highest BCUT2D eigenvalue weighted by molar-refractivity contribution is 5.33. The Bertz CT molecular complexity index is 520. The zero-order chi connectivity index (χ0) is 13.8. The molecule has 5 rings (SSSR count). The molecule has 0 radical (unpaired) electrons. The van der Waals surface area contributed by atoms with Gasteiger partial charge in [0.2, 0.25) is 0 Å². The van der Waals surface area contributed by atoms with Crippen molar-refractivity contribution in [1.29, 1.82) is 0 Å². The molecule has 0 spiro atoms. The highest BCUT2D eigenvalue weighted by atomic mass is 14.6. The van der Waals surface area contributed by atoms with Crippen molar-refractivity contribution in [3.63, 3.8) is 0 Å². The fraction of sp³-hybridized carbons (Fsp3) is 0.600. The Labute approximate surface area is 123 Å². The zero-order valence-corrected chi connectivity index (χ0v) is 12.9. The Kier molecular flexibility index (Phi) is 2.68. The van der Waals surface area contributed by atoms with Crippen molar-refractivity contribution in [2.75, 3.05) is 0 Å². The van der Waals surface area contributed by atoms with Crippen LogP contribution in [0.2, 0.25) is 0 Å². The molecule has 4 aliphatic rings. The predicted molar refractivity (Wildman–Crippen MR) is 84.8 cm³/mol. The summed E-state index contributed by atoms with van der Waals surface area (Å²) in [6, 6.07) is 9.48. The lowest BCUT2D eigenvalue weighted by molar-refractivity contribution is -0.0455. The van der Waals surface area contributed by atoms with Crippen molar-refractivity contribution >= 4 is 0 Å². The summed E-state index contributed by atoms with van der Waals surface area (Å²) >= 11 is 0. The summed E-state index contributed by atoms with van der Waals surface area (Å²) in [6.45, 7) is 4.40. The van der Waals surface area contributed by atoms with E-state index in [9.17, 15) is 0 Å². The molecule has 4 atom stereocenters. The molecule has 0 amide bonds. The lowest BCUT2D eigenvalue weighted by Crippen LogP contribution is -2.53. The third-order valence-electron chi connectivity index (χ3n) is 6.29. The van der Waals surface area contributed by atoms with E-state index < -0.39 is 0 Å². The van der Waals surface area contributed by atoms with Crippen LogP contribution in [-0.2, 0) is 5.41 Å². The van der Waals surface area contributed by atoms with Crippen LogP contribution in [0.25, 0.3) is 0 Å². The summed E-state index contributed by atoms with van der Waals surface area (Å²) < 4.78 is 0. The van der Waals surface area contributed by atoms with E-state index in [0.29, 0.717) is 10.8 Å². The Balaban J connectivity index is 1.76. The van der Waals surface area contributed by atoms with Gasteiger partial charge in [-0.1, -0.05) is 42.0 Å². The van der Waals surface area contributed by atoms with Gasteiger partial charge in [0.1, 0.15) is 0 Å². The second-order valence-corrected chi connectivity index (χ2v) is 7.97. The average Bonchev–Trinajstić information content (AvgIpc) is 2.37. The molecule has 1 aromatic rings. The van der Waals surface area contributed by atoms with Crippen LogP contribution in [0.5, 0.6) is 0 Å². The standard InChI is InChI=1S/C20H26/c1-3-8-19-10-16-9-17(11-19)13-20(12-16,14-19)18-6-4-15(2)5-7-18/h3-8,16-17H,9-14H2,1-2H3/b8-3+/t16-,17+,19?,20?. The van der Waals surface area contributed by atoms with Crippen LogP contribution in [-0.4, -0.2) is 0 Å².